The average Bonchev–Trinajstić information content (AvgIpc) is 2.10. The summed E-state index contributed by atoms with van der Waals surface area (Å²) in [4.78, 5) is 25.9. The number of phosphoric acid groups is 2. The predicted molar refractivity (Wildman–Crippen MR) is 71.3 cm³/mol. The molecule has 0 amide bonds. The van der Waals surface area contributed by atoms with Crippen LogP contribution in [0.15, 0.2) is 23.3 Å². The van der Waals surface area contributed by atoms with Crippen LogP contribution in [0.4, 0.5) is 0 Å². The van der Waals surface area contributed by atoms with E-state index in [1.165, 1.54) is 6.08 Å². The van der Waals surface area contributed by atoms with E-state index in [-0.39, 0.29) is 0 Å². The molecular formula is C10H20O7P2. The molecule has 9 heteroatoms. The van der Waals surface area contributed by atoms with Gasteiger partial charge in [0.15, 0.2) is 0 Å². The first kappa shape index (κ1) is 16.8. The quantitative estimate of drug-likeness (QED) is 0.466. The Morgan fingerprint density at radius 3 is 2.26 bits per heavy atom. The maximum absolute atomic E-state index is 11.2. The molecule has 0 saturated carbocycles. The Balaban J connectivity index is 4.46. The molecule has 0 saturated heterocycles. The van der Waals surface area contributed by atoms with Crippen LogP contribution in [0.5, 0.6) is 0 Å². The number of rotatable bonds is 8. The van der Waals surface area contributed by atoms with Crippen molar-refractivity contribution in [3.8, 4) is 0 Å². The number of hydrogen-bond acceptors (Lipinski definition) is 4. The first-order valence-corrected chi connectivity index (χ1v) is 8.45. The minimum atomic E-state index is -5.16. The van der Waals surface area contributed by atoms with Gasteiger partial charge in [-0.25, -0.2) is 9.13 Å². The Morgan fingerprint density at radius 1 is 1.21 bits per heavy atom. The maximum atomic E-state index is 11.2. The molecule has 0 spiro atoms. The Morgan fingerprint density at radius 2 is 1.79 bits per heavy atom. The fraction of sp³-hybridized carbons (Fsp3) is 0.600. The molecule has 1 unspecified atom stereocenters. The highest BCUT2D eigenvalue weighted by molar-refractivity contribution is 7.60. The molecule has 0 aromatic rings. The zero-order chi connectivity index (χ0) is 16.0. The topological polar surface area (TPSA) is 113 Å². The molecule has 0 radical (unpaired) electrons. The van der Waals surface area contributed by atoms with Crippen LogP contribution in [0, 0.1) is 0 Å². The van der Waals surface area contributed by atoms with Gasteiger partial charge in [0.05, 0.1) is 7.95 Å². The minimum Gasteiger partial charge on any atom is -0.302 e. The fourth-order valence-corrected chi connectivity index (χ4v) is 2.49. The normalized spacial score (nSPS) is 18.4. The zero-order valence-corrected chi connectivity index (χ0v) is 12.8. The lowest BCUT2D eigenvalue weighted by atomic mass is 10.1. The molecule has 0 aromatic heterocycles. The molecule has 0 fully saturated rings. The Kier molecular flexibility index (Phi) is 7.18. The van der Waals surface area contributed by atoms with Crippen LogP contribution in [-0.4, -0.2) is 21.3 Å². The predicted octanol–water partition coefficient (Wildman–Crippen LogP) is 2.91. The highest BCUT2D eigenvalue weighted by Crippen LogP contribution is 2.57. The summed E-state index contributed by atoms with van der Waals surface area (Å²) in [5, 5.41) is 0. The van der Waals surface area contributed by atoms with Crippen molar-refractivity contribution in [2.45, 2.75) is 33.6 Å². The molecule has 0 aliphatic carbocycles. The van der Waals surface area contributed by atoms with Gasteiger partial charge in [-0.2, -0.15) is 4.31 Å². The second-order valence-electron chi connectivity index (χ2n) is 4.12. The standard InChI is InChI=1S/C10H20O7P2/c1-9(2)5-4-6-10(3)7-8-16-19(14,15)17-18(11,12)13/h5,7H,4,6,8H2,1-3H3,(H,14,15)(H2,11,12,13)/b10-7+/i8D/t8-/m0/s1. The number of phosphoric ester groups is 1. The van der Waals surface area contributed by atoms with Crippen LogP contribution >= 0.6 is 15.6 Å². The summed E-state index contributed by atoms with van der Waals surface area (Å²) in [5.74, 6) is 0. The molecule has 2 atom stereocenters. The van der Waals surface area contributed by atoms with Crippen molar-refractivity contribution in [3.63, 3.8) is 0 Å². The summed E-state index contributed by atoms with van der Waals surface area (Å²) in [6.07, 6.45) is 4.67. The molecule has 0 heterocycles. The van der Waals surface area contributed by atoms with Crippen molar-refractivity contribution in [3.05, 3.63) is 23.3 Å². The van der Waals surface area contributed by atoms with E-state index in [4.69, 9.17) is 16.1 Å². The second kappa shape index (κ2) is 8.12. The van der Waals surface area contributed by atoms with Crippen LogP contribution in [-0.2, 0) is 18.0 Å². The smallest absolute Gasteiger partial charge is 0.302 e. The molecule has 19 heavy (non-hydrogen) atoms. The molecule has 0 rings (SSSR count). The van der Waals surface area contributed by atoms with E-state index in [1.54, 1.807) is 6.92 Å². The van der Waals surface area contributed by atoms with Gasteiger partial charge in [-0.3, -0.25) is 4.52 Å². The summed E-state index contributed by atoms with van der Waals surface area (Å²) in [6.45, 7) is 4.08. The van der Waals surface area contributed by atoms with Crippen molar-refractivity contribution in [1.29, 1.82) is 0 Å². The van der Waals surface area contributed by atoms with E-state index in [0.717, 1.165) is 17.6 Å². The molecule has 112 valence electrons. The van der Waals surface area contributed by atoms with Gasteiger partial charge in [-0.1, -0.05) is 23.3 Å². The van der Waals surface area contributed by atoms with E-state index in [0.29, 0.717) is 6.42 Å². The largest absolute Gasteiger partial charge is 0.481 e. The third-order valence-corrected chi connectivity index (χ3v) is 3.91. The van der Waals surface area contributed by atoms with E-state index < -0.39 is 22.2 Å². The van der Waals surface area contributed by atoms with E-state index in [1.807, 2.05) is 19.9 Å². The molecular weight excluding hydrogens is 294 g/mol. The van der Waals surface area contributed by atoms with Crippen molar-refractivity contribution in [2.75, 3.05) is 6.58 Å². The number of allylic oxidation sites excluding steroid dienone is 3. The summed E-state index contributed by atoms with van der Waals surface area (Å²) < 4.78 is 36.9. The van der Waals surface area contributed by atoms with Gasteiger partial charge < -0.3 is 14.7 Å². The lowest BCUT2D eigenvalue weighted by Gasteiger charge is -2.11. The molecule has 0 aliphatic rings. The summed E-state index contributed by atoms with van der Waals surface area (Å²) in [5.41, 5.74) is 1.91. The van der Waals surface area contributed by atoms with Gasteiger partial charge in [0.25, 0.3) is 0 Å². The van der Waals surface area contributed by atoms with Gasteiger partial charge in [0, 0.05) is 0 Å². The third-order valence-electron chi connectivity index (χ3n) is 1.85. The minimum absolute atomic E-state index is 0.638. The molecule has 7 nitrogen and oxygen atoms in total. The number of hydrogen-bond donors (Lipinski definition) is 3. The van der Waals surface area contributed by atoms with Gasteiger partial charge in [-0.15, -0.1) is 0 Å². The van der Waals surface area contributed by atoms with Crippen LogP contribution in [0.25, 0.3) is 0 Å². The first-order chi connectivity index (χ1) is 8.91. The summed E-state index contributed by atoms with van der Waals surface area (Å²) >= 11 is 0. The first-order valence-electron chi connectivity index (χ1n) is 6.00. The van der Waals surface area contributed by atoms with Crippen molar-refractivity contribution < 1.29 is 34.0 Å². The second-order valence-corrected chi connectivity index (χ2v) is 6.90. The SMILES string of the molecule is [2H][C@@H](/C=C(\C)CCC=C(C)C)OP(=O)(O)OP(=O)(O)O. The lowest BCUT2D eigenvalue weighted by molar-refractivity contribution is 0.191. The van der Waals surface area contributed by atoms with E-state index >= 15 is 0 Å². The molecule has 0 aliphatic heterocycles. The van der Waals surface area contributed by atoms with Crippen LogP contribution < -0.4 is 0 Å². The van der Waals surface area contributed by atoms with Crippen LogP contribution in [0.2, 0.25) is 0 Å². The van der Waals surface area contributed by atoms with Gasteiger partial charge in [0.2, 0.25) is 0 Å². The van der Waals surface area contributed by atoms with Gasteiger partial charge >= 0.3 is 15.6 Å². The summed E-state index contributed by atoms with van der Waals surface area (Å²) in [7, 11) is -10.1. The summed E-state index contributed by atoms with van der Waals surface area (Å²) in [6, 6.07) is 0. The van der Waals surface area contributed by atoms with Crippen molar-refractivity contribution in [2.24, 2.45) is 0 Å². The Hall–Kier alpha value is -0.260. The van der Waals surface area contributed by atoms with Crippen LogP contribution in [0.3, 0.4) is 0 Å². The highest BCUT2D eigenvalue weighted by atomic mass is 31.3. The van der Waals surface area contributed by atoms with E-state index in [2.05, 4.69) is 8.83 Å². The monoisotopic (exact) mass is 315 g/mol. The average molecular weight is 315 g/mol. The lowest BCUT2D eigenvalue weighted by Crippen LogP contribution is -1.94. The third kappa shape index (κ3) is 12.5. The van der Waals surface area contributed by atoms with Crippen LogP contribution in [0.1, 0.15) is 35.0 Å². The zero-order valence-electron chi connectivity index (χ0n) is 12.0. The molecule has 0 aromatic carbocycles. The van der Waals surface area contributed by atoms with Crippen molar-refractivity contribution in [1.82, 2.24) is 0 Å². The molecule has 0 bridgehead atoms. The highest BCUT2D eigenvalue weighted by Gasteiger charge is 2.31. The van der Waals surface area contributed by atoms with E-state index in [9.17, 15) is 9.13 Å². The fourth-order valence-electron chi connectivity index (χ4n) is 1.05. The molecule has 3 N–H and O–H groups in total. The maximum Gasteiger partial charge on any atom is 0.481 e. The van der Waals surface area contributed by atoms with Gasteiger partial charge in [-0.05, 0) is 33.6 Å². The van der Waals surface area contributed by atoms with Crippen molar-refractivity contribution >= 4 is 15.6 Å². The Bertz CT molecular complexity index is 464. The Labute approximate surface area is 114 Å². The van der Waals surface area contributed by atoms with Gasteiger partial charge in [0.1, 0.15) is 0 Å².